The van der Waals surface area contributed by atoms with Gasteiger partial charge in [0.05, 0.1) is 0 Å². The first kappa shape index (κ1) is 8.67. The van der Waals surface area contributed by atoms with Crippen LogP contribution < -0.4 is 0 Å². The summed E-state index contributed by atoms with van der Waals surface area (Å²) >= 11 is 0. The number of hydrogen-bond acceptors (Lipinski definition) is 2. The van der Waals surface area contributed by atoms with Gasteiger partial charge < -0.3 is 9.79 Å². The fourth-order valence-electron chi connectivity index (χ4n) is 0.189. The van der Waals surface area contributed by atoms with E-state index in [0.29, 0.717) is 0 Å². The van der Waals surface area contributed by atoms with Gasteiger partial charge in [-0.1, -0.05) is 5.92 Å². The highest BCUT2D eigenvalue weighted by atomic mass is 31.2. The van der Waals surface area contributed by atoms with Gasteiger partial charge in [0, 0.05) is 0 Å². The van der Waals surface area contributed by atoms with Crippen molar-refractivity contribution in [2.24, 2.45) is 0 Å². The normalized spacial score (nSPS) is 10.1. The number of phosphoric acid groups is 1. The predicted molar refractivity (Wildman–Crippen MR) is 31.4 cm³/mol. The molecule has 0 rings (SSSR count). The molecule has 0 aromatic heterocycles. The van der Waals surface area contributed by atoms with E-state index in [1.54, 1.807) is 6.92 Å². The maximum Gasteiger partial charge on any atom is 0.470 e. The SMILES string of the molecule is CC#CCOP(=O)(O)O. The van der Waals surface area contributed by atoms with Gasteiger partial charge >= 0.3 is 7.82 Å². The van der Waals surface area contributed by atoms with Crippen molar-refractivity contribution < 1.29 is 18.9 Å². The summed E-state index contributed by atoms with van der Waals surface area (Å²) in [5.74, 6) is 4.76. The van der Waals surface area contributed by atoms with E-state index in [2.05, 4.69) is 16.4 Å². The molecule has 0 saturated carbocycles. The van der Waals surface area contributed by atoms with Crippen LogP contribution in [0.3, 0.4) is 0 Å². The topological polar surface area (TPSA) is 66.8 Å². The Kier molecular flexibility index (Phi) is 3.52. The van der Waals surface area contributed by atoms with E-state index in [4.69, 9.17) is 9.79 Å². The van der Waals surface area contributed by atoms with Crippen molar-refractivity contribution in [1.29, 1.82) is 0 Å². The summed E-state index contributed by atoms with van der Waals surface area (Å²) in [5.41, 5.74) is 0. The Morgan fingerprint density at radius 3 is 2.56 bits per heavy atom. The first-order chi connectivity index (χ1) is 4.06. The monoisotopic (exact) mass is 150 g/mol. The van der Waals surface area contributed by atoms with Crippen LogP contribution >= 0.6 is 7.82 Å². The lowest BCUT2D eigenvalue weighted by atomic mass is 10.6. The quantitative estimate of drug-likeness (QED) is 0.433. The highest BCUT2D eigenvalue weighted by Crippen LogP contribution is 2.34. The summed E-state index contributed by atoms with van der Waals surface area (Å²) in [7, 11) is -4.30. The molecule has 0 aliphatic rings. The van der Waals surface area contributed by atoms with Crippen molar-refractivity contribution in [3.63, 3.8) is 0 Å². The van der Waals surface area contributed by atoms with E-state index in [1.165, 1.54) is 0 Å². The smallest absolute Gasteiger partial charge is 0.303 e. The van der Waals surface area contributed by atoms with Gasteiger partial charge in [-0.3, -0.25) is 4.52 Å². The molecule has 0 radical (unpaired) electrons. The average Bonchev–Trinajstić information content (AvgIpc) is 1.63. The van der Waals surface area contributed by atoms with Crippen molar-refractivity contribution in [3.8, 4) is 11.8 Å². The molecule has 0 atom stereocenters. The van der Waals surface area contributed by atoms with Crippen LogP contribution in [0.1, 0.15) is 6.92 Å². The highest BCUT2D eigenvalue weighted by Gasteiger charge is 2.11. The minimum Gasteiger partial charge on any atom is -0.303 e. The molecular formula is C4H7O4P. The largest absolute Gasteiger partial charge is 0.470 e. The van der Waals surface area contributed by atoms with Crippen LogP contribution in [0, 0.1) is 11.8 Å². The lowest BCUT2D eigenvalue weighted by Gasteiger charge is -1.98. The summed E-state index contributed by atoms with van der Waals surface area (Å²) in [5, 5.41) is 0. The van der Waals surface area contributed by atoms with Gasteiger partial charge in [0.15, 0.2) is 0 Å². The molecule has 0 aliphatic heterocycles. The Hall–Kier alpha value is -0.330. The zero-order valence-corrected chi connectivity index (χ0v) is 5.76. The van der Waals surface area contributed by atoms with Crippen LogP contribution in [-0.2, 0) is 9.09 Å². The molecule has 0 aliphatic carbocycles. The molecule has 0 saturated heterocycles. The third kappa shape index (κ3) is 7.67. The van der Waals surface area contributed by atoms with E-state index >= 15 is 0 Å². The standard InChI is InChI=1S/C4H7O4P/c1-2-3-4-8-9(5,6)7/h4H2,1H3,(H2,5,6,7). The molecular weight excluding hydrogens is 143 g/mol. The lowest BCUT2D eigenvalue weighted by Crippen LogP contribution is -1.87. The third-order valence-electron chi connectivity index (χ3n) is 0.482. The zero-order chi connectivity index (χ0) is 7.33. The molecule has 4 nitrogen and oxygen atoms in total. The minimum absolute atomic E-state index is 0.221. The Labute approximate surface area is 53.1 Å². The van der Waals surface area contributed by atoms with Crippen LogP contribution in [-0.4, -0.2) is 16.4 Å². The van der Waals surface area contributed by atoms with Crippen molar-refractivity contribution in [2.45, 2.75) is 6.92 Å². The second kappa shape index (κ2) is 3.65. The summed E-state index contributed by atoms with van der Waals surface area (Å²) in [6, 6.07) is 0. The fourth-order valence-corrected chi connectivity index (χ4v) is 0.421. The number of phosphoric ester groups is 1. The molecule has 0 aromatic carbocycles. The van der Waals surface area contributed by atoms with Crippen LogP contribution in [0.15, 0.2) is 0 Å². The maximum absolute atomic E-state index is 9.91. The van der Waals surface area contributed by atoms with Crippen LogP contribution in [0.4, 0.5) is 0 Å². The van der Waals surface area contributed by atoms with E-state index in [9.17, 15) is 4.57 Å². The van der Waals surface area contributed by atoms with Crippen LogP contribution in [0.2, 0.25) is 0 Å². The van der Waals surface area contributed by atoms with Crippen LogP contribution in [0.5, 0.6) is 0 Å². The molecule has 9 heavy (non-hydrogen) atoms. The molecule has 0 unspecified atom stereocenters. The van der Waals surface area contributed by atoms with Crippen molar-refractivity contribution in [3.05, 3.63) is 0 Å². The zero-order valence-electron chi connectivity index (χ0n) is 4.87. The summed E-state index contributed by atoms with van der Waals surface area (Å²) in [6.45, 7) is 1.34. The minimum atomic E-state index is -4.30. The van der Waals surface area contributed by atoms with Gasteiger partial charge in [-0.15, -0.1) is 5.92 Å². The van der Waals surface area contributed by atoms with Crippen molar-refractivity contribution in [1.82, 2.24) is 0 Å². The van der Waals surface area contributed by atoms with Gasteiger partial charge in [-0.25, -0.2) is 4.57 Å². The summed E-state index contributed by atoms with van der Waals surface area (Å²) in [6.07, 6.45) is 0. The summed E-state index contributed by atoms with van der Waals surface area (Å²) in [4.78, 5) is 16.1. The molecule has 0 amide bonds. The summed E-state index contributed by atoms with van der Waals surface area (Å²) < 4.78 is 13.9. The molecule has 2 N–H and O–H groups in total. The van der Waals surface area contributed by atoms with E-state index in [-0.39, 0.29) is 6.61 Å². The van der Waals surface area contributed by atoms with Gasteiger partial charge in [0.2, 0.25) is 0 Å². The van der Waals surface area contributed by atoms with Gasteiger partial charge in [-0.2, -0.15) is 0 Å². The Morgan fingerprint density at radius 2 is 2.22 bits per heavy atom. The van der Waals surface area contributed by atoms with E-state index in [0.717, 1.165) is 0 Å². The van der Waals surface area contributed by atoms with Gasteiger partial charge in [0.1, 0.15) is 6.61 Å². The van der Waals surface area contributed by atoms with Crippen molar-refractivity contribution >= 4 is 7.82 Å². The number of rotatable bonds is 2. The van der Waals surface area contributed by atoms with Gasteiger partial charge in [0.25, 0.3) is 0 Å². The first-order valence-corrected chi connectivity index (χ1v) is 3.69. The highest BCUT2D eigenvalue weighted by molar-refractivity contribution is 7.46. The van der Waals surface area contributed by atoms with Crippen molar-refractivity contribution in [2.75, 3.05) is 6.61 Å². The second-order valence-corrected chi connectivity index (χ2v) is 2.43. The molecule has 5 heteroatoms. The van der Waals surface area contributed by atoms with E-state index in [1.807, 2.05) is 0 Å². The number of hydrogen-bond donors (Lipinski definition) is 2. The molecule has 0 heterocycles. The molecule has 0 bridgehead atoms. The first-order valence-electron chi connectivity index (χ1n) is 2.16. The Bertz CT molecular complexity index is 171. The Morgan fingerprint density at radius 1 is 1.67 bits per heavy atom. The second-order valence-electron chi connectivity index (χ2n) is 1.19. The average molecular weight is 150 g/mol. The predicted octanol–water partition coefficient (Wildman–Crippen LogP) is 0.119. The van der Waals surface area contributed by atoms with Gasteiger partial charge in [-0.05, 0) is 6.92 Å². The maximum atomic E-state index is 9.91. The molecule has 0 aromatic rings. The van der Waals surface area contributed by atoms with E-state index < -0.39 is 7.82 Å². The Balaban J connectivity index is 3.48. The van der Waals surface area contributed by atoms with Crippen LogP contribution in [0.25, 0.3) is 0 Å². The lowest BCUT2D eigenvalue weighted by molar-refractivity contribution is 0.218. The third-order valence-corrected chi connectivity index (χ3v) is 0.947. The molecule has 0 spiro atoms. The molecule has 0 fully saturated rings. The molecule has 52 valence electrons. The fraction of sp³-hybridized carbons (Fsp3) is 0.500.